The summed E-state index contributed by atoms with van der Waals surface area (Å²) in [6.45, 7) is 0. The second-order valence-corrected chi connectivity index (χ2v) is 8.10. The molecule has 0 spiro atoms. The molecule has 0 atom stereocenters. The van der Waals surface area contributed by atoms with E-state index in [-0.39, 0.29) is 0 Å². The van der Waals surface area contributed by atoms with Gasteiger partial charge < -0.3 is 21.4 Å². The van der Waals surface area contributed by atoms with Crippen LogP contribution in [0, 0.1) is 0 Å². The first kappa shape index (κ1) is 18.0. The summed E-state index contributed by atoms with van der Waals surface area (Å²) in [6.07, 6.45) is 15.1. The highest BCUT2D eigenvalue weighted by molar-refractivity contribution is 5.86. The number of hydrogen-bond acceptors (Lipinski definition) is 2. The lowest BCUT2D eigenvalue weighted by Crippen LogP contribution is -2.09. The van der Waals surface area contributed by atoms with Crippen LogP contribution in [-0.2, 0) is 0 Å². The molecule has 1 fully saturated rings. The monoisotopic (exact) mass is 364 g/mol. The third kappa shape index (κ3) is 4.00. The smallest absolute Gasteiger partial charge is 0.0808 e. The van der Waals surface area contributed by atoms with Gasteiger partial charge in [0, 0.05) is 11.4 Å². The van der Waals surface area contributed by atoms with Crippen molar-refractivity contribution in [2.45, 2.75) is 70.1 Å². The van der Waals surface area contributed by atoms with E-state index in [0.29, 0.717) is 17.3 Å². The largest absolute Gasteiger partial charge is 0.395 e. The molecule has 1 saturated carbocycles. The predicted octanol–water partition coefficient (Wildman–Crippen LogP) is 5.48. The van der Waals surface area contributed by atoms with E-state index in [2.05, 4.69) is 40.3 Å². The lowest BCUT2D eigenvalue weighted by atomic mass is 9.98. The Morgan fingerprint density at radius 3 is 2.30 bits per heavy atom. The molecule has 2 aliphatic carbocycles. The van der Waals surface area contributed by atoms with E-state index in [1.807, 2.05) is 0 Å². The van der Waals surface area contributed by atoms with Gasteiger partial charge in [0.05, 0.1) is 22.8 Å². The Morgan fingerprint density at radius 2 is 1.48 bits per heavy atom. The number of hydrogen-bond donors (Lipinski definition) is 4. The van der Waals surface area contributed by atoms with E-state index in [1.165, 1.54) is 74.7 Å². The van der Waals surface area contributed by atoms with E-state index in [0.717, 1.165) is 17.8 Å². The molecular weight excluding hydrogens is 332 g/mol. The summed E-state index contributed by atoms with van der Waals surface area (Å²) in [5, 5.41) is 0. The van der Waals surface area contributed by atoms with Crippen molar-refractivity contribution in [3.05, 3.63) is 53.1 Å². The normalized spacial score (nSPS) is 20.1. The molecule has 6 N–H and O–H groups in total. The fourth-order valence-electron chi connectivity index (χ4n) is 4.51. The summed E-state index contributed by atoms with van der Waals surface area (Å²) >= 11 is 0. The molecule has 2 aliphatic rings. The summed E-state index contributed by atoms with van der Waals surface area (Å²) < 4.78 is 0. The molecule has 4 nitrogen and oxygen atoms in total. The SMILES string of the molecule is N/C(=C(/N)c1ccc(C2CCCC2)[nH]1)c1ccc(C2=CCCCCCC2)[nH]1. The van der Waals surface area contributed by atoms with E-state index >= 15 is 0 Å². The predicted molar refractivity (Wildman–Crippen MR) is 114 cm³/mol. The van der Waals surface area contributed by atoms with Crippen molar-refractivity contribution in [1.82, 2.24) is 9.97 Å². The molecule has 2 aromatic heterocycles. The van der Waals surface area contributed by atoms with Gasteiger partial charge in [-0.25, -0.2) is 0 Å². The zero-order chi connectivity index (χ0) is 18.6. The van der Waals surface area contributed by atoms with Crippen molar-refractivity contribution in [2.75, 3.05) is 0 Å². The van der Waals surface area contributed by atoms with Crippen LogP contribution in [0.25, 0.3) is 17.0 Å². The molecule has 2 aromatic rings. The van der Waals surface area contributed by atoms with Crippen LogP contribution < -0.4 is 11.5 Å². The molecule has 0 unspecified atom stereocenters. The summed E-state index contributed by atoms with van der Waals surface area (Å²) in [6, 6.07) is 8.43. The van der Waals surface area contributed by atoms with Crippen LogP contribution >= 0.6 is 0 Å². The van der Waals surface area contributed by atoms with E-state index in [9.17, 15) is 0 Å². The summed E-state index contributed by atoms with van der Waals surface area (Å²) in [4.78, 5) is 7.00. The van der Waals surface area contributed by atoms with Gasteiger partial charge in [0.2, 0.25) is 0 Å². The van der Waals surface area contributed by atoms with E-state index in [4.69, 9.17) is 11.5 Å². The van der Waals surface area contributed by atoms with Gasteiger partial charge in [0.15, 0.2) is 0 Å². The Bertz CT molecular complexity index is 830. The van der Waals surface area contributed by atoms with Gasteiger partial charge in [-0.05, 0) is 74.3 Å². The van der Waals surface area contributed by atoms with Crippen LogP contribution in [0.2, 0.25) is 0 Å². The average molecular weight is 365 g/mol. The fraction of sp³-hybridized carbons (Fsp3) is 0.478. The second-order valence-electron chi connectivity index (χ2n) is 8.10. The minimum Gasteiger partial charge on any atom is -0.395 e. The highest BCUT2D eigenvalue weighted by Crippen LogP contribution is 2.34. The second kappa shape index (κ2) is 8.12. The molecule has 27 heavy (non-hydrogen) atoms. The van der Waals surface area contributed by atoms with E-state index in [1.54, 1.807) is 0 Å². The molecule has 4 rings (SSSR count). The number of nitrogens with one attached hydrogen (secondary N) is 2. The van der Waals surface area contributed by atoms with Gasteiger partial charge in [0.25, 0.3) is 0 Å². The number of H-pyrrole nitrogens is 2. The van der Waals surface area contributed by atoms with Crippen molar-refractivity contribution >= 4 is 17.0 Å². The van der Waals surface area contributed by atoms with Gasteiger partial charge in [-0.15, -0.1) is 0 Å². The summed E-state index contributed by atoms with van der Waals surface area (Å²) in [7, 11) is 0. The maximum Gasteiger partial charge on any atom is 0.0808 e. The number of aromatic nitrogens is 2. The number of nitrogens with two attached hydrogens (primary N) is 2. The Hall–Kier alpha value is -2.36. The molecule has 0 aliphatic heterocycles. The molecule has 144 valence electrons. The first-order valence-corrected chi connectivity index (χ1v) is 10.6. The Balaban J connectivity index is 1.54. The molecule has 0 amide bonds. The summed E-state index contributed by atoms with van der Waals surface area (Å²) in [5.74, 6) is 0.649. The first-order valence-electron chi connectivity index (χ1n) is 10.6. The fourth-order valence-corrected chi connectivity index (χ4v) is 4.51. The van der Waals surface area contributed by atoms with Crippen LogP contribution in [0.1, 0.15) is 92.9 Å². The van der Waals surface area contributed by atoms with Crippen molar-refractivity contribution in [2.24, 2.45) is 11.5 Å². The highest BCUT2D eigenvalue weighted by atomic mass is 14.8. The lowest BCUT2D eigenvalue weighted by molar-refractivity contribution is 0.643. The molecule has 0 radical (unpaired) electrons. The van der Waals surface area contributed by atoms with Crippen LogP contribution in [0.4, 0.5) is 0 Å². The number of allylic oxidation sites excluding steroid dienone is 2. The van der Waals surface area contributed by atoms with Crippen LogP contribution in [0.3, 0.4) is 0 Å². The molecule has 2 heterocycles. The van der Waals surface area contributed by atoms with Gasteiger partial charge >= 0.3 is 0 Å². The van der Waals surface area contributed by atoms with Gasteiger partial charge in [0.1, 0.15) is 0 Å². The number of aromatic amines is 2. The minimum atomic E-state index is 0.618. The lowest BCUT2D eigenvalue weighted by Gasteiger charge is -2.10. The molecular formula is C23H32N4. The zero-order valence-corrected chi connectivity index (χ0v) is 16.2. The maximum atomic E-state index is 6.42. The van der Waals surface area contributed by atoms with Gasteiger partial charge in [-0.2, -0.15) is 0 Å². The maximum absolute atomic E-state index is 6.42. The average Bonchev–Trinajstić information content (AvgIpc) is 3.40. The Morgan fingerprint density at radius 1 is 0.778 bits per heavy atom. The van der Waals surface area contributed by atoms with Gasteiger partial charge in [-0.3, -0.25) is 0 Å². The topological polar surface area (TPSA) is 83.6 Å². The zero-order valence-electron chi connectivity index (χ0n) is 16.2. The standard InChI is InChI=1S/C23H32N4/c24-22(23(25)21-15-13-19(27-21)17-10-6-7-11-17)20-14-12-18(26-20)16-8-4-2-1-3-5-9-16/h8,12-15,17,26-27H,1-7,9-11,24-25H2/b16-8?,23-22+. The highest BCUT2D eigenvalue weighted by Gasteiger charge is 2.19. The van der Waals surface area contributed by atoms with Crippen LogP contribution in [-0.4, -0.2) is 9.97 Å². The van der Waals surface area contributed by atoms with E-state index < -0.39 is 0 Å². The minimum absolute atomic E-state index is 0.618. The van der Waals surface area contributed by atoms with Crippen molar-refractivity contribution in [3.63, 3.8) is 0 Å². The third-order valence-electron chi connectivity index (χ3n) is 6.20. The Kier molecular flexibility index (Phi) is 5.42. The third-order valence-corrected chi connectivity index (χ3v) is 6.20. The van der Waals surface area contributed by atoms with Gasteiger partial charge in [-0.1, -0.05) is 31.8 Å². The van der Waals surface area contributed by atoms with Crippen molar-refractivity contribution < 1.29 is 0 Å². The van der Waals surface area contributed by atoms with Crippen LogP contribution in [0.15, 0.2) is 30.3 Å². The summed E-state index contributed by atoms with van der Waals surface area (Å²) in [5.41, 5.74) is 19.8. The van der Waals surface area contributed by atoms with Crippen molar-refractivity contribution in [3.8, 4) is 0 Å². The number of rotatable bonds is 4. The molecule has 0 bridgehead atoms. The quantitative estimate of drug-likeness (QED) is 0.579. The molecule has 0 aromatic carbocycles. The van der Waals surface area contributed by atoms with Crippen molar-refractivity contribution in [1.29, 1.82) is 0 Å². The molecule has 0 saturated heterocycles. The first-order chi connectivity index (χ1) is 13.2. The van der Waals surface area contributed by atoms with Crippen LogP contribution in [0.5, 0.6) is 0 Å². The Labute approximate surface area is 162 Å². The molecule has 4 heteroatoms.